The van der Waals surface area contributed by atoms with E-state index < -0.39 is 5.60 Å². The quantitative estimate of drug-likeness (QED) is 0.857. The minimum Gasteiger partial charge on any atom is -0.508 e. The number of hydrogen-bond acceptors (Lipinski definition) is 5. The van der Waals surface area contributed by atoms with Crippen LogP contribution in [0.2, 0.25) is 0 Å². The number of hydrogen-bond donors (Lipinski definition) is 2. The van der Waals surface area contributed by atoms with Crippen LogP contribution in [0, 0.1) is 0 Å². The molecular formula is C13H14N2O3. The zero-order valence-corrected chi connectivity index (χ0v) is 10.2. The molecule has 0 aliphatic rings. The number of aliphatic hydroxyl groups is 1. The van der Waals surface area contributed by atoms with Crippen molar-refractivity contribution in [3.8, 4) is 11.6 Å². The molecule has 0 saturated carbocycles. The van der Waals surface area contributed by atoms with E-state index in [1.807, 2.05) is 0 Å². The Morgan fingerprint density at radius 2 is 1.72 bits per heavy atom. The van der Waals surface area contributed by atoms with E-state index in [0.717, 1.165) is 0 Å². The Morgan fingerprint density at radius 3 is 2.33 bits per heavy atom. The van der Waals surface area contributed by atoms with Crippen molar-refractivity contribution in [1.82, 2.24) is 9.97 Å². The number of rotatable bonds is 3. The third kappa shape index (κ3) is 2.12. The first-order valence-corrected chi connectivity index (χ1v) is 5.43. The second-order valence-electron chi connectivity index (χ2n) is 4.03. The van der Waals surface area contributed by atoms with Gasteiger partial charge in [-0.1, -0.05) is 12.1 Å². The van der Waals surface area contributed by atoms with Gasteiger partial charge >= 0.3 is 0 Å². The van der Waals surface area contributed by atoms with Gasteiger partial charge in [-0.2, -0.15) is 0 Å². The van der Waals surface area contributed by atoms with Crippen molar-refractivity contribution in [2.45, 2.75) is 12.5 Å². The van der Waals surface area contributed by atoms with E-state index in [9.17, 15) is 10.2 Å². The van der Waals surface area contributed by atoms with Crippen LogP contribution in [0.4, 0.5) is 0 Å². The van der Waals surface area contributed by atoms with Crippen molar-refractivity contribution in [3.63, 3.8) is 0 Å². The van der Waals surface area contributed by atoms with E-state index in [4.69, 9.17) is 4.74 Å². The topological polar surface area (TPSA) is 75.5 Å². The van der Waals surface area contributed by atoms with E-state index in [1.165, 1.54) is 31.6 Å². The van der Waals surface area contributed by atoms with Crippen LogP contribution in [0.15, 0.2) is 36.7 Å². The fraction of sp³-hybridized carbons (Fsp3) is 0.231. The van der Waals surface area contributed by atoms with Crippen LogP contribution < -0.4 is 4.74 Å². The summed E-state index contributed by atoms with van der Waals surface area (Å²) in [6, 6.07) is 6.27. The van der Waals surface area contributed by atoms with Crippen LogP contribution in [-0.2, 0) is 5.60 Å². The highest BCUT2D eigenvalue weighted by Crippen LogP contribution is 2.32. The standard InChI is InChI=1S/C13H14N2O3/c1-13(17,9-3-5-10(16)6-4-9)11-12(18-2)15-8-7-14-11/h3-8,16-17H,1-2H3. The maximum absolute atomic E-state index is 10.6. The van der Waals surface area contributed by atoms with E-state index in [0.29, 0.717) is 11.3 Å². The number of phenolic OH excluding ortho intramolecular Hbond substituents is 1. The highest BCUT2D eigenvalue weighted by atomic mass is 16.5. The van der Waals surface area contributed by atoms with Gasteiger partial charge in [-0.3, -0.25) is 4.98 Å². The van der Waals surface area contributed by atoms with E-state index in [1.54, 1.807) is 19.1 Å². The van der Waals surface area contributed by atoms with Gasteiger partial charge in [0.1, 0.15) is 17.0 Å². The van der Waals surface area contributed by atoms with Crippen LogP contribution in [0.25, 0.3) is 0 Å². The average Bonchev–Trinajstić information content (AvgIpc) is 2.39. The summed E-state index contributed by atoms with van der Waals surface area (Å²) in [7, 11) is 1.47. The lowest BCUT2D eigenvalue weighted by molar-refractivity contribution is 0.0929. The van der Waals surface area contributed by atoms with Crippen molar-refractivity contribution in [2.75, 3.05) is 7.11 Å². The number of nitrogens with zero attached hydrogens (tertiary/aromatic N) is 2. The van der Waals surface area contributed by atoms with Crippen LogP contribution >= 0.6 is 0 Å². The van der Waals surface area contributed by atoms with E-state index in [2.05, 4.69) is 9.97 Å². The van der Waals surface area contributed by atoms with Crippen LogP contribution in [-0.4, -0.2) is 27.3 Å². The molecule has 94 valence electrons. The Hall–Kier alpha value is -2.14. The summed E-state index contributed by atoms with van der Waals surface area (Å²) in [6.07, 6.45) is 2.99. The number of ether oxygens (including phenoxy) is 1. The number of methoxy groups -OCH3 is 1. The van der Waals surface area contributed by atoms with Crippen molar-refractivity contribution < 1.29 is 14.9 Å². The van der Waals surface area contributed by atoms with Crippen LogP contribution in [0.5, 0.6) is 11.6 Å². The average molecular weight is 246 g/mol. The molecule has 0 saturated heterocycles. The molecular weight excluding hydrogens is 232 g/mol. The number of aromatic nitrogens is 2. The molecule has 0 radical (unpaired) electrons. The van der Waals surface area contributed by atoms with E-state index in [-0.39, 0.29) is 11.6 Å². The fourth-order valence-corrected chi connectivity index (χ4v) is 1.73. The van der Waals surface area contributed by atoms with Gasteiger partial charge in [-0.05, 0) is 24.6 Å². The molecule has 0 spiro atoms. The monoisotopic (exact) mass is 246 g/mol. The molecule has 18 heavy (non-hydrogen) atoms. The Morgan fingerprint density at radius 1 is 1.11 bits per heavy atom. The van der Waals surface area contributed by atoms with Crippen molar-refractivity contribution in [2.24, 2.45) is 0 Å². The summed E-state index contributed by atoms with van der Waals surface area (Å²) in [6.45, 7) is 1.60. The van der Waals surface area contributed by atoms with Gasteiger partial charge in [0, 0.05) is 12.4 Å². The summed E-state index contributed by atoms with van der Waals surface area (Å²) < 4.78 is 5.09. The molecule has 2 rings (SSSR count). The minimum atomic E-state index is -1.34. The van der Waals surface area contributed by atoms with E-state index >= 15 is 0 Å². The minimum absolute atomic E-state index is 0.140. The summed E-state index contributed by atoms with van der Waals surface area (Å²) in [5, 5.41) is 19.9. The number of phenols is 1. The molecule has 5 nitrogen and oxygen atoms in total. The first kappa shape index (κ1) is 12.3. The third-order valence-electron chi connectivity index (χ3n) is 2.75. The molecule has 1 heterocycles. The molecule has 2 aromatic rings. The maximum atomic E-state index is 10.6. The largest absolute Gasteiger partial charge is 0.508 e. The molecule has 0 bridgehead atoms. The SMILES string of the molecule is COc1nccnc1C(C)(O)c1ccc(O)cc1. The lowest BCUT2D eigenvalue weighted by Gasteiger charge is -2.24. The lowest BCUT2D eigenvalue weighted by atomic mass is 9.92. The molecule has 0 aliphatic heterocycles. The van der Waals surface area contributed by atoms with Gasteiger partial charge in [0.05, 0.1) is 7.11 Å². The highest BCUT2D eigenvalue weighted by Gasteiger charge is 2.31. The Kier molecular flexibility index (Phi) is 3.16. The Balaban J connectivity index is 2.50. The fourth-order valence-electron chi connectivity index (χ4n) is 1.73. The Labute approximate surface area is 105 Å². The summed E-state index contributed by atoms with van der Waals surface area (Å²) in [5.41, 5.74) is -0.412. The summed E-state index contributed by atoms with van der Waals surface area (Å²) in [4.78, 5) is 8.13. The first-order valence-electron chi connectivity index (χ1n) is 5.43. The number of aromatic hydroxyl groups is 1. The predicted octanol–water partition coefficient (Wildman–Crippen LogP) is 1.45. The van der Waals surface area contributed by atoms with Crippen molar-refractivity contribution >= 4 is 0 Å². The molecule has 1 atom stereocenters. The van der Waals surface area contributed by atoms with Gasteiger partial charge in [0.25, 0.3) is 0 Å². The molecule has 0 amide bonds. The normalized spacial score (nSPS) is 13.9. The zero-order chi connectivity index (χ0) is 13.2. The molecule has 1 aromatic carbocycles. The van der Waals surface area contributed by atoms with Gasteiger partial charge in [0.2, 0.25) is 5.88 Å². The van der Waals surface area contributed by atoms with Gasteiger partial charge in [-0.15, -0.1) is 0 Å². The molecule has 0 fully saturated rings. The second-order valence-corrected chi connectivity index (χ2v) is 4.03. The Bertz CT molecular complexity index is 538. The van der Waals surface area contributed by atoms with Gasteiger partial charge < -0.3 is 14.9 Å². The van der Waals surface area contributed by atoms with Crippen molar-refractivity contribution in [3.05, 3.63) is 47.9 Å². The van der Waals surface area contributed by atoms with Gasteiger partial charge in [0.15, 0.2) is 0 Å². The van der Waals surface area contributed by atoms with Gasteiger partial charge in [-0.25, -0.2) is 4.98 Å². The lowest BCUT2D eigenvalue weighted by Crippen LogP contribution is -2.25. The molecule has 5 heteroatoms. The predicted molar refractivity (Wildman–Crippen MR) is 65.4 cm³/mol. The summed E-state index contributed by atoms with van der Waals surface area (Å²) >= 11 is 0. The summed E-state index contributed by atoms with van der Waals surface area (Å²) in [5.74, 6) is 0.413. The van der Waals surface area contributed by atoms with Crippen molar-refractivity contribution in [1.29, 1.82) is 0 Å². The second kappa shape index (κ2) is 4.62. The molecule has 1 aromatic heterocycles. The third-order valence-corrected chi connectivity index (χ3v) is 2.75. The zero-order valence-electron chi connectivity index (χ0n) is 10.2. The highest BCUT2D eigenvalue weighted by molar-refractivity contribution is 5.38. The number of benzene rings is 1. The van der Waals surface area contributed by atoms with Crippen LogP contribution in [0.3, 0.4) is 0 Å². The molecule has 1 unspecified atom stereocenters. The smallest absolute Gasteiger partial charge is 0.238 e. The van der Waals surface area contributed by atoms with Crippen LogP contribution in [0.1, 0.15) is 18.2 Å². The maximum Gasteiger partial charge on any atom is 0.238 e. The first-order chi connectivity index (χ1) is 8.55. The molecule has 0 aliphatic carbocycles. The molecule has 2 N–H and O–H groups in total.